The molecular weight excluding hydrogens is 170 g/mol. The van der Waals surface area contributed by atoms with E-state index in [9.17, 15) is 0 Å². The summed E-state index contributed by atoms with van der Waals surface area (Å²) in [4.78, 5) is 0. The first-order valence-electron chi connectivity index (χ1n) is 6.37. The van der Waals surface area contributed by atoms with Gasteiger partial charge in [0.1, 0.15) is 0 Å². The Morgan fingerprint density at radius 3 is 2.29 bits per heavy atom. The van der Waals surface area contributed by atoms with Crippen molar-refractivity contribution in [1.29, 1.82) is 0 Å². The summed E-state index contributed by atoms with van der Waals surface area (Å²) in [6, 6.07) is 1.47. The zero-order valence-corrected chi connectivity index (χ0v) is 10.3. The van der Waals surface area contributed by atoms with Crippen molar-refractivity contribution in [3.05, 3.63) is 0 Å². The molecule has 1 N–H and O–H groups in total. The molecule has 0 aliphatic heterocycles. The van der Waals surface area contributed by atoms with Crippen LogP contribution in [0.4, 0.5) is 0 Å². The standard InChI is InChI=1S/C13H27N/c1-5-13(9-12-6-7-12)14-11(4)8-10(2)3/h10-14H,5-9H2,1-4H3. The van der Waals surface area contributed by atoms with E-state index >= 15 is 0 Å². The Hall–Kier alpha value is -0.0400. The van der Waals surface area contributed by atoms with Gasteiger partial charge in [0, 0.05) is 12.1 Å². The molecule has 0 bridgehead atoms. The fraction of sp³-hybridized carbons (Fsp3) is 1.00. The molecule has 1 fully saturated rings. The van der Waals surface area contributed by atoms with Gasteiger partial charge >= 0.3 is 0 Å². The van der Waals surface area contributed by atoms with Crippen molar-refractivity contribution in [3.63, 3.8) is 0 Å². The van der Waals surface area contributed by atoms with Crippen LogP contribution in [0, 0.1) is 11.8 Å². The summed E-state index contributed by atoms with van der Waals surface area (Å²) >= 11 is 0. The highest BCUT2D eigenvalue weighted by molar-refractivity contribution is 4.81. The summed E-state index contributed by atoms with van der Waals surface area (Å²) in [6.07, 6.45) is 6.98. The van der Waals surface area contributed by atoms with Gasteiger partial charge in [-0.05, 0) is 38.0 Å². The lowest BCUT2D eigenvalue weighted by molar-refractivity contribution is 0.360. The zero-order valence-electron chi connectivity index (χ0n) is 10.3. The summed E-state index contributed by atoms with van der Waals surface area (Å²) in [6.45, 7) is 9.25. The number of nitrogens with one attached hydrogen (secondary N) is 1. The van der Waals surface area contributed by atoms with Gasteiger partial charge in [-0.15, -0.1) is 0 Å². The number of hydrogen-bond acceptors (Lipinski definition) is 1. The van der Waals surface area contributed by atoms with Gasteiger partial charge in [-0.3, -0.25) is 0 Å². The minimum atomic E-state index is 0.693. The molecule has 1 heteroatoms. The van der Waals surface area contributed by atoms with Crippen LogP contribution in [0.5, 0.6) is 0 Å². The highest BCUT2D eigenvalue weighted by Gasteiger charge is 2.25. The Kier molecular flexibility index (Phi) is 4.94. The average Bonchev–Trinajstić information content (AvgIpc) is 2.85. The van der Waals surface area contributed by atoms with E-state index in [2.05, 4.69) is 33.0 Å². The fourth-order valence-electron chi connectivity index (χ4n) is 2.29. The molecule has 0 radical (unpaired) electrons. The molecule has 14 heavy (non-hydrogen) atoms. The molecule has 0 amide bonds. The predicted octanol–water partition coefficient (Wildman–Crippen LogP) is 3.59. The van der Waals surface area contributed by atoms with Crippen LogP contribution in [0.2, 0.25) is 0 Å². The van der Waals surface area contributed by atoms with E-state index in [0.29, 0.717) is 6.04 Å². The topological polar surface area (TPSA) is 12.0 Å². The summed E-state index contributed by atoms with van der Waals surface area (Å²) in [5, 5.41) is 3.77. The van der Waals surface area contributed by atoms with Crippen molar-refractivity contribution in [2.45, 2.75) is 71.9 Å². The first-order chi connectivity index (χ1) is 6.61. The number of hydrogen-bond donors (Lipinski definition) is 1. The van der Waals surface area contributed by atoms with Gasteiger partial charge in [0.05, 0.1) is 0 Å². The van der Waals surface area contributed by atoms with E-state index in [1.165, 1.54) is 32.1 Å². The maximum absolute atomic E-state index is 3.77. The van der Waals surface area contributed by atoms with Crippen LogP contribution in [0.15, 0.2) is 0 Å². The molecule has 0 heterocycles. The van der Waals surface area contributed by atoms with Crippen LogP contribution in [0.1, 0.15) is 59.8 Å². The smallest absolute Gasteiger partial charge is 0.00695 e. The molecule has 1 aliphatic carbocycles. The van der Waals surface area contributed by atoms with Crippen LogP contribution >= 0.6 is 0 Å². The quantitative estimate of drug-likeness (QED) is 0.657. The van der Waals surface area contributed by atoms with E-state index in [1.54, 1.807) is 0 Å². The monoisotopic (exact) mass is 197 g/mol. The molecule has 1 rings (SSSR count). The van der Waals surface area contributed by atoms with Crippen molar-refractivity contribution < 1.29 is 0 Å². The van der Waals surface area contributed by atoms with E-state index in [1.807, 2.05) is 0 Å². The first kappa shape index (κ1) is 12.0. The van der Waals surface area contributed by atoms with Crippen molar-refractivity contribution in [3.8, 4) is 0 Å². The van der Waals surface area contributed by atoms with Crippen LogP contribution in [-0.2, 0) is 0 Å². The Morgan fingerprint density at radius 2 is 1.86 bits per heavy atom. The molecule has 0 aromatic rings. The maximum atomic E-state index is 3.77. The molecule has 0 saturated heterocycles. The summed E-state index contributed by atoms with van der Waals surface area (Å²) in [7, 11) is 0. The minimum Gasteiger partial charge on any atom is -0.311 e. The molecule has 1 saturated carbocycles. The second kappa shape index (κ2) is 5.75. The van der Waals surface area contributed by atoms with E-state index < -0.39 is 0 Å². The van der Waals surface area contributed by atoms with E-state index in [0.717, 1.165) is 17.9 Å². The lowest BCUT2D eigenvalue weighted by Crippen LogP contribution is -2.37. The zero-order chi connectivity index (χ0) is 10.6. The second-order valence-corrected chi connectivity index (χ2v) is 5.48. The van der Waals surface area contributed by atoms with Crippen molar-refractivity contribution >= 4 is 0 Å². The van der Waals surface area contributed by atoms with E-state index in [-0.39, 0.29) is 0 Å². The maximum Gasteiger partial charge on any atom is 0.00695 e. The Morgan fingerprint density at radius 1 is 1.21 bits per heavy atom. The van der Waals surface area contributed by atoms with Crippen molar-refractivity contribution in [2.24, 2.45) is 11.8 Å². The molecule has 1 nitrogen and oxygen atoms in total. The molecule has 0 aromatic carbocycles. The van der Waals surface area contributed by atoms with Crippen molar-refractivity contribution in [2.75, 3.05) is 0 Å². The normalized spacial score (nSPS) is 21.2. The Labute approximate surface area is 89.7 Å². The fourth-order valence-corrected chi connectivity index (χ4v) is 2.29. The van der Waals surface area contributed by atoms with Crippen LogP contribution < -0.4 is 5.32 Å². The van der Waals surface area contributed by atoms with Crippen LogP contribution in [0.3, 0.4) is 0 Å². The third kappa shape index (κ3) is 4.99. The molecule has 2 unspecified atom stereocenters. The molecule has 84 valence electrons. The van der Waals surface area contributed by atoms with Crippen molar-refractivity contribution in [1.82, 2.24) is 5.32 Å². The molecule has 0 aromatic heterocycles. The third-order valence-electron chi connectivity index (χ3n) is 3.15. The lowest BCUT2D eigenvalue weighted by atomic mass is 10.0. The molecule has 0 spiro atoms. The first-order valence-corrected chi connectivity index (χ1v) is 6.37. The highest BCUT2D eigenvalue weighted by atomic mass is 14.9. The van der Waals surface area contributed by atoms with Gasteiger partial charge < -0.3 is 5.32 Å². The largest absolute Gasteiger partial charge is 0.311 e. The van der Waals surface area contributed by atoms with Gasteiger partial charge in [0.25, 0.3) is 0 Å². The van der Waals surface area contributed by atoms with Gasteiger partial charge in [0.2, 0.25) is 0 Å². The molecule has 1 aliphatic rings. The van der Waals surface area contributed by atoms with Crippen LogP contribution in [-0.4, -0.2) is 12.1 Å². The lowest BCUT2D eigenvalue weighted by Gasteiger charge is -2.23. The molecular formula is C13H27N. The van der Waals surface area contributed by atoms with Gasteiger partial charge in [-0.2, -0.15) is 0 Å². The predicted molar refractivity (Wildman–Crippen MR) is 63.5 cm³/mol. The van der Waals surface area contributed by atoms with E-state index in [4.69, 9.17) is 0 Å². The number of rotatable bonds is 7. The van der Waals surface area contributed by atoms with Crippen LogP contribution in [0.25, 0.3) is 0 Å². The van der Waals surface area contributed by atoms with Gasteiger partial charge in [0.15, 0.2) is 0 Å². The van der Waals surface area contributed by atoms with Gasteiger partial charge in [-0.1, -0.05) is 33.6 Å². The minimum absolute atomic E-state index is 0.693. The molecule has 2 atom stereocenters. The third-order valence-corrected chi connectivity index (χ3v) is 3.15. The second-order valence-electron chi connectivity index (χ2n) is 5.48. The summed E-state index contributed by atoms with van der Waals surface area (Å²) < 4.78 is 0. The Balaban J connectivity index is 2.16. The summed E-state index contributed by atoms with van der Waals surface area (Å²) in [5.41, 5.74) is 0. The SMILES string of the molecule is CCC(CC1CC1)NC(C)CC(C)C. The van der Waals surface area contributed by atoms with Gasteiger partial charge in [-0.25, -0.2) is 0 Å². The summed E-state index contributed by atoms with van der Waals surface area (Å²) in [5.74, 6) is 1.87. The highest BCUT2D eigenvalue weighted by Crippen LogP contribution is 2.34. The average molecular weight is 197 g/mol. The Bertz CT molecular complexity index is 149.